The first kappa shape index (κ1) is 24.0. The number of carbonyl (C=O) groups is 1. The largest absolute Gasteiger partial charge is 0.493 e. The zero-order valence-electron chi connectivity index (χ0n) is 17.5. The number of ether oxygens (including phenoxy) is 2. The van der Waals surface area contributed by atoms with Crippen molar-refractivity contribution in [2.45, 2.75) is 24.7 Å². The molecule has 1 N–H and O–H groups in total. The van der Waals surface area contributed by atoms with Crippen LogP contribution in [0, 0.1) is 0 Å². The van der Waals surface area contributed by atoms with Crippen LogP contribution < -0.4 is 14.8 Å². The highest BCUT2D eigenvalue weighted by atomic mass is 35.5. The molecular weight excluding hydrogens is 471 g/mol. The van der Waals surface area contributed by atoms with Gasteiger partial charge in [0.2, 0.25) is 5.91 Å². The van der Waals surface area contributed by atoms with Gasteiger partial charge in [-0.3, -0.25) is 9.36 Å². The van der Waals surface area contributed by atoms with E-state index in [4.69, 9.17) is 32.7 Å². The maximum absolute atomic E-state index is 12.4. The summed E-state index contributed by atoms with van der Waals surface area (Å²) in [5, 5.41) is 12.5. The van der Waals surface area contributed by atoms with Crippen LogP contribution in [-0.4, -0.2) is 33.5 Å². The van der Waals surface area contributed by atoms with Gasteiger partial charge >= 0.3 is 0 Å². The van der Waals surface area contributed by atoms with E-state index in [9.17, 15) is 4.79 Å². The molecule has 1 unspecified atom stereocenters. The SMILES string of the molecule is C=CCn1c(SCC(=O)Nc2cccc(Cl)c2Cl)nnc1C(C)Oc1ccccc1OC. The van der Waals surface area contributed by atoms with Crippen molar-refractivity contribution < 1.29 is 14.3 Å². The van der Waals surface area contributed by atoms with E-state index in [-0.39, 0.29) is 11.7 Å². The van der Waals surface area contributed by atoms with Gasteiger partial charge in [0.1, 0.15) is 0 Å². The Morgan fingerprint density at radius 3 is 2.69 bits per heavy atom. The second kappa shape index (κ2) is 11.3. The molecule has 3 rings (SSSR count). The molecule has 0 fully saturated rings. The van der Waals surface area contributed by atoms with Crippen molar-refractivity contribution in [1.29, 1.82) is 0 Å². The number of anilines is 1. The predicted molar refractivity (Wildman–Crippen MR) is 128 cm³/mol. The Balaban J connectivity index is 1.70. The number of halogens is 2. The zero-order chi connectivity index (χ0) is 23.1. The summed E-state index contributed by atoms with van der Waals surface area (Å²) in [6.45, 7) is 6.14. The highest BCUT2D eigenvalue weighted by molar-refractivity contribution is 7.99. The highest BCUT2D eigenvalue weighted by Gasteiger charge is 2.21. The van der Waals surface area contributed by atoms with Crippen LogP contribution in [0.3, 0.4) is 0 Å². The van der Waals surface area contributed by atoms with Gasteiger partial charge in [-0.15, -0.1) is 16.8 Å². The molecule has 0 aliphatic carbocycles. The summed E-state index contributed by atoms with van der Waals surface area (Å²) in [5.41, 5.74) is 0.455. The Kier molecular flexibility index (Phi) is 8.44. The van der Waals surface area contributed by atoms with E-state index in [0.29, 0.717) is 44.8 Å². The quantitative estimate of drug-likeness (QED) is 0.291. The molecule has 1 amide bonds. The third-order valence-corrected chi connectivity index (χ3v) is 6.14. The van der Waals surface area contributed by atoms with E-state index in [1.165, 1.54) is 11.8 Å². The lowest BCUT2D eigenvalue weighted by Gasteiger charge is -2.17. The summed E-state index contributed by atoms with van der Waals surface area (Å²) in [4.78, 5) is 12.4. The van der Waals surface area contributed by atoms with Crippen LogP contribution in [0.1, 0.15) is 18.9 Å². The van der Waals surface area contributed by atoms with Crippen molar-refractivity contribution in [2.24, 2.45) is 0 Å². The number of amides is 1. The van der Waals surface area contributed by atoms with Gasteiger partial charge in [0.15, 0.2) is 28.6 Å². The number of nitrogens with one attached hydrogen (secondary N) is 1. The molecule has 1 heterocycles. The van der Waals surface area contributed by atoms with Gasteiger partial charge in [-0.05, 0) is 31.2 Å². The Hall–Kier alpha value is -2.68. The van der Waals surface area contributed by atoms with Crippen molar-refractivity contribution in [3.05, 3.63) is 71.0 Å². The van der Waals surface area contributed by atoms with Gasteiger partial charge in [-0.2, -0.15) is 0 Å². The minimum atomic E-state index is -0.410. The number of hydrogen-bond acceptors (Lipinski definition) is 6. The van der Waals surface area contributed by atoms with Gasteiger partial charge in [0.25, 0.3) is 0 Å². The monoisotopic (exact) mass is 492 g/mol. The molecule has 0 aliphatic heterocycles. The zero-order valence-corrected chi connectivity index (χ0v) is 19.9. The van der Waals surface area contributed by atoms with Crippen LogP contribution in [0.5, 0.6) is 11.5 Å². The lowest BCUT2D eigenvalue weighted by Crippen LogP contribution is -2.16. The van der Waals surface area contributed by atoms with Gasteiger partial charge < -0.3 is 14.8 Å². The molecule has 1 aromatic heterocycles. The molecule has 0 radical (unpaired) electrons. The van der Waals surface area contributed by atoms with Gasteiger partial charge in [-0.25, -0.2) is 0 Å². The lowest BCUT2D eigenvalue weighted by molar-refractivity contribution is -0.113. The number of hydrogen-bond donors (Lipinski definition) is 1. The summed E-state index contributed by atoms with van der Waals surface area (Å²) in [6.07, 6.45) is 1.32. The molecule has 0 saturated heterocycles. The second-order valence-corrected chi connectivity index (χ2v) is 8.32. The first-order chi connectivity index (χ1) is 15.4. The molecule has 2 aromatic carbocycles. The smallest absolute Gasteiger partial charge is 0.234 e. The Morgan fingerprint density at radius 1 is 1.22 bits per heavy atom. The first-order valence-electron chi connectivity index (χ1n) is 9.65. The van der Waals surface area contributed by atoms with Crippen molar-refractivity contribution in [2.75, 3.05) is 18.2 Å². The van der Waals surface area contributed by atoms with Crippen molar-refractivity contribution in [3.63, 3.8) is 0 Å². The fraction of sp³-hybridized carbons (Fsp3) is 0.227. The van der Waals surface area contributed by atoms with Gasteiger partial charge in [0, 0.05) is 6.54 Å². The number of para-hydroxylation sites is 2. The summed E-state index contributed by atoms with van der Waals surface area (Å²) >= 11 is 13.4. The summed E-state index contributed by atoms with van der Waals surface area (Å²) in [7, 11) is 1.59. The summed E-state index contributed by atoms with van der Waals surface area (Å²) in [5.74, 6) is 1.70. The number of rotatable bonds is 10. The van der Waals surface area contributed by atoms with Gasteiger partial charge in [0.05, 0.1) is 28.6 Å². The Labute approximate surface area is 200 Å². The number of thioether (sulfide) groups is 1. The predicted octanol–water partition coefficient (Wildman–Crippen LogP) is 5.65. The first-order valence-corrected chi connectivity index (χ1v) is 11.4. The van der Waals surface area contributed by atoms with E-state index in [0.717, 1.165) is 0 Å². The molecule has 1 atom stereocenters. The standard InChI is InChI=1S/C22H22Cl2N4O3S/c1-4-12-28-21(14(2)31-18-11-6-5-10-17(18)30-3)26-27-22(28)32-13-19(29)25-16-9-7-8-15(23)20(16)24/h4-11,14H,1,12-13H2,2-3H3,(H,25,29). The van der Waals surface area contributed by atoms with Gasteiger partial charge in [-0.1, -0.05) is 59.2 Å². The minimum absolute atomic E-state index is 0.111. The van der Waals surface area contributed by atoms with Crippen molar-refractivity contribution >= 4 is 46.6 Å². The van der Waals surface area contributed by atoms with E-state index in [2.05, 4.69) is 22.1 Å². The highest BCUT2D eigenvalue weighted by Crippen LogP contribution is 2.32. The molecule has 0 bridgehead atoms. The van der Waals surface area contributed by atoms with Crippen LogP contribution >= 0.6 is 35.0 Å². The molecule has 0 aliphatic rings. The average Bonchev–Trinajstić information content (AvgIpc) is 3.19. The topological polar surface area (TPSA) is 78.3 Å². The van der Waals surface area contributed by atoms with Crippen LogP contribution in [0.4, 0.5) is 5.69 Å². The van der Waals surface area contributed by atoms with Crippen molar-refractivity contribution in [3.8, 4) is 11.5 Å². The lowest BCUT2D eigenvalue weighted by atomic mass is 10.3. The number of allylic oxidation sites excluding steroid dienone is 1. The normalized spacial score (nSPS) is 11.6. The molecule has 168 valence electrons. The maximum Gasteiger partial charge on any atom is 0.234 e. The van der Waals surface area contributed by atoms with E-state index in [1.54, 1.807) is 31.4 Å². The maximum atomic E-state index is 12.4. The number of nitrogens with zero attached hydrogens (tertiary/aromatic N) is 3. The van der Waals surface area contributed by atoms with Crippen molar-refractivity contribution in [1.82, 2.24) is 14.8 Å². The number of methoxy groups -OCH3 is 1. The number of aromatic nitrogens is 3. The van der Waals surface area contributed by atoms with Crippen LogP contribution in [0.15, 0.2) is 60.3 Å². The molecule has 0 saturated carbocycles. The van der Waals surface area contributed by atoms with E-state index in [1.807, 2.05) is 35.8 Å². The van der Waals surface area contributed by atoms with Crippen LogP contribution in [0.2, 0.25) is 10.0 Å². The fourth-order valence-corrected chi connectivity index (χ4v) is 3.99. The third kappa shape index (κ3) is 5.76. The summed E-state index contributed by atoms with van der Waals surface area (Å²) < 4.78 is 13.3. The van der Waals surface area contributed by atoms with Crippen LogP contribution in [-0.2, 0) is 11.3 Å². The second-order valence-electron chi connectivity index (χ2n) is 6.59. The summed E-state index contributed by atoms with van der Waals surface area (Å²) in [6, 6.07) is 12.4. The molecule has 32 heavy (non-hydrogen) atoms. The Bertz CT molecular complexity index is 1110. The number of benzene rings is 2. The van der Waals surface area contributed by atoms with E-state index < -0.39 is 6.10 Å². The third-order valence-electron chi connectivity index (χ3n) is 4.35. The number of carbonyl (C=O) groups excluding carboxylic acids is 1. The van der Waals surface area contributed by atoms with E-state index >= 15 is 0 Å². The average molecular weight is 493 g/mol. The molecule has 10 heteroatoms. The molecule has 7 nitrogen and oxygen atoms in total. The molecular formula is C22H22Cl2N4O3S. The fourth-order valence-electron chi connectivity index (χ4n) is 2.88. The molecule has 0 spiro atoms. The molecule has 3 aromatic rings. The minimum Gasteiger partial charge on any atom is -0.493 e. The van der Waals surface area contributed by atoms with Crippen LogP contribution in [0.25, 0.3) is 0 Å². The Morgan fingerprint density at radius 2 is 1.97 bits per heavy atom.